The molecule has 0 N–H and O–H groups in total. The fourth-order valence-electron chi connectivity index (χ4n) is 9.55. The molecule has 0 bridgehead atoms. The van der Waals surface area contributed by atoms with E-state index in [1.54, 1.807) is 0 Å². The highest BCUT2D eigenvalue weighted by Crippen LogP contribution is 2.47. The molecule has 10 rings (SSSR count). The van der Waals surface area contributed by atoms with Crippen LogP contribution in [0.4, 0.5) is 0 Å². The normalized spacial score (nSPS) is 10.6. The third-order valence-corrected chi connectivity index (χ3v) is 12.5. The Morgan fingerprint density at radius 3 is 1.20 bits per heavy atom. The van der Waals surface area contributed by atoms with Crippen molar-refractivity contribution in [1.82, 2.24) is 0 Å². The number of rotatable bonds is 6. The maximum atomic E-state index is 6.12. The molecule has 0 aliphatic heterocycles. The minimum atomic E-state index is 0.656. The molecule has 0 aromatic heterocycles. The van der Waals surface area contributed by atoms with Crippen LogP contribution >= 0.6 is 0 Å². The summed E-state index contributed by atoms with van der Waals surface area (Å²) in [5, 5.41) is 6.83. The van der Waals surface area contributed by atoms with Gasteiger partial charge in [-0.15, -0.1) is 38.5 Å². The molecule has 0 aliphatic carbocycles. The third-order valence-electron chi connectivity index (χ3n) is 12.5. The van der Waals surface area contributed by atoms with Crippen LogP contribution in [0.1, 0.15) is 33.4 Å². The van der Waals surface area contributed by atoms with Crippen LogP contribution in [0.15, 0.2) is 182 Å². The Bertz CT molecular complexity index is 3790. The fraction of sp³-hybridized carbons (Fsp3) is 0. The molecule has 10 aromatic rings. The monoisotopic (exact) mass is 828 g/mol. The number of fused-ring (bicyclic) bond motifs is 3. The predicted molar refractivity (Wildman–Crippen MR) is 279 cm³/mol. The van der Waals surface area contributed by atoms with Gasteiger partial charge in [-0.3, -0.25) is 0 Å². The van der Waals surface area contributed by atoms with Gasteiger partial charge >= 0.3 is 0 Å². The Labute approximate surface area is 386 Å². The van der Waals surface area contributed by atoms with E-state index in [9.17, 15) is 0 Å². The number of hydrogen-bond acceptors (Lipinski definition) is 0. The smallest absolute Gasteiger partial charge is 0.0477 e. The van der Waals surface area contributed by atoms with E-state index in [0.29, 0.717) is 33.4 Å². The molecule has 0 saturated carbocycles. The second-order valence-corrected chi connectivity index (χ2v) is 16.0. The molecule has 10 aromatic carbocycles. The minimum absolute atomic E-state index is 0.656. The van der Waals surface area contributed by atoms with Crippen LogP contribution < -0.4 is 0 Å². The van der Waals surface area contributed by atoms with Gasteiger partial charge in [0, 0.05) is 33.4 Å². The summed E-state index contributed by atoms with van der Waals surface area (Å²) in [6.07, 6.45) is 35.9. The van der Waals surface area contributed by atoms with Crippen molar-refractivity contribution in [2.45, 2.75) is 0 Å². The van der Waals surface area contributed by atoms with Crippen LogP contribution in [-0.2, 0) is 0 Å². The SMILES string of the molecule is C#Cc1ccc(-c2c3ccccc3c(-c3ccc(-c4cccc(-c5cc(-c6cccc(C#C)c6C#C)cc(-c6cccc(C#C)c6C#C)c5)c4)c4ccccc34)c3ccccc23)cc1C#C. The first-order valence-electron chi connectivity index (χ1n) is 21.4. The highest BCUT2D eigenvalue weighted by molar-refractivity contribution is 6.24. The van der Waals surface area contributed by atoms with E-state index >= 15 is 0 Å². The van der Waals surface area contributed by atoms with Crippen molar-refractivity contribution in [2.75, 3.05) is 0 Å². The summed E-state index contributed by atoms with van der Waals surface area (Å²) in [7, 11) is 0. The number of hydrogen-bond donors (Lipinski definition) is 0. The van der Waals surface area contributed by atoms with Gasteiger partial charge in [-0.25, -0.2) is 0 Å². The third kappa shape index (κ3) is 6.75. The molecular formula is C66H36. The lowest BCUT2D eigenvalue weighted by molar-refractivity contribution is 1.52. The van der Waals surface area contributed by atoms with Crippen molar-refractivity contribution in [1.29, 1.82) is 0 Å². The summed E-state index contributed by atoms with van der Waals surface area (Å²) in [6.45, 7) is 0. The summed E-state index contributed by atoms with van der Waals surface area (Å²) in [4.78, 5) is 0. The Balaban J connectivity index is 1.17. The zero-order chi connectivity index (χ0) is 45.3. The molecule has 0 saturated heterocycles. The van der Waals surface area contributed by atoms with Crippen molar-refractivity contribution in [3.8, 4) is 141 Å². The van der Waals surface area contributed by atoms with E-state index in [4.69, 9.17) is 38.5 Å². The van der Waals surface area contributed by atoms with Gasteiger partial charge in [0.15, 0.2) is 0 Å². The minimum Gasteiger partial charge on any atom is -0.115 e. The standard InChI is InChI=1S/C66H36/c1-7-43-34-35-49(38-46(43)10-4)65-60-28-15-17-30-62(60)66(63-31-18-16-29-61(63)65)64-37-36-57(58-26-13-14-27-59(58)64)48-25-19-24-47(39-48)50-40-51(55-32-20-22-44(8-2)53(55)11-5)42-52(41-50)56-33-21-23-45(9-3)54(56)12-6/h1-6,13-42H. The van der Waals surface area contributed by atoms with Crippen LogP contribution in [0.2, 0.25) is 0 Å². The number of benzene rings is 10. The Morgan fingerprint density at radius 1 is 0.227 bits per heavy atom. The van der Waals surface area contributed by atoms with E-state index < -0.39 is 0 Å². The molecule has 0 nitrogen and oxygen atoms in total. The van der Waals surface area contributed by atoms with Crippen LogP contribution in [0.5, 0.6) is 0 Å². The highest BCUT2D eigenvalue weighted by Gasteiger charge is 2.20. The van der Waals surface area contributed by atoms with Crippen LogP contribution in [0.25, 0.3) is 99.1 Å². The quantitative estimate of drug-likeness (QED) is 0.116. The summed E-state index contributed by atoms with van der Waals surface area (Å²) < 4.78 is 0. The number of terminal acetylenes is 6. The van der Waals surface area contributed by atoms with E-state index in [0.717, 1.165) is 93.5 Å². The summed E-state index contributed by atoms with van der Waals surface area (Å²) >= 11 is 0. The molecule has 0 amide bonds. The molecule has 0 heteroatoms. The van der Waals surface area contributed by atoms with Gasteiger partial charge < -0.3 is 0 Å². The van der Waals surface area contributed by atoms with E-state index in [2.05, 4.69) is 169 Å². The van der Waals surface area contributed by atoms with Gasteiger partial charge in [-0.1, -0.05) is 169 Å². The zero-order valence-corrected chi connectivity index (χ0v) is 35.8. The lowest BCUT2D eigenvalue weighted by atomic mass is 9.83. The zero-order valence-electron chi connectivity index (χ0n) is 35.8. The summed E-state index contributed by atoms with van der Waals surface area (Å²) in [5.41, 5.74) is 16.2. The van der Waals surface area contributed by atoms with Gasteiger partial charge in [-0.05, 0) is 148 Å². The first-order valence-corrected chi connectivity index (χ1v) is 21.4. The summed E-state index contributed by atoms with van der Waals surface area (Å²) in [5.74, 6) is 16.8. The molecule has 0 unspecified atom stereocenters. The van der Waals surface area contributed by atoms with Gasteiger partial charge in [0.1, 0.15) is 0 Å². The Morgan fingerprint density at radius 2 is 0.667 bits per heavy atom. The molecule has 0 fully saturated rings. The van der Waals surface area contributed by atoms with Crippen LogP contribution in [-0.4, -0.2) is 0 Å². The Kier molecular flexibility index (Phi) is 10.3. The van der Waals surface area contributed by atoms with Gasteiger partial charge in [0.05, 0.1) is 0 Å². The molecule has 66 heavy (non-hydrogen) atoms. The largest absolute Gasteiger partial charge is 0.115 e. The molecule has 0 radical (unpaired) electrons. The van der Waals surface area contributed by atoms with Crippen molar-refractivity contribution in [2.24, 2.45) is 0 Å². The van der Waals surface area contributed by atoms with Gasteiger partial charge in [-0.2, -0.15) is 0 Å². The second kappa shape index (κ2) is 16.9. The van der Waals surface area contributed by atoms with Crippen molar-refractivity contribution in [3.63, 3.8) is 0 Å². The molecule has 0 heterocycles. The van der Waals surface area contributed by atoms with Gasteiger partial charge in [0.2, 0.25) is 0 Å². The second-order valence-electron chi connectivity index (χ2n) is 16.0. The highest BCUT2D eigenvalue weighted by atomic mass is 14.2. The maximum Gasteiger partial charge on any atom is 0.0477 e. The van der Waals surface area contributed by atoms with Crippen molar-refractivity contribution < 1.29 is 0 Å². The Hall–Kier alpha value is -9.66. The lowest BCUT2D eigenvalue weighted by Crippen LogP contribution is -1.94. The van der Waals surface area contributed by atoms with Crippen LogP contribution in [0, 0.1) is 74.1 Å². The first-order chi connectivity index (χ1) is 32.5. The van der Waals surface area contributed by atoms with E-state index in [1.807, 2.05) is 48.5 Å². The van der Waals surface area contributed by atoms with Crippen LogP contribution in [0.3, 0.4) is 0 Å². The molecule has 300 valence electrons. The van der Waals surface area contributed by atoms with Crippen molar-refractivity contribution in [3.05, 3.63) is 215 Å². The van der Waals surface area contributed by atoms with Gasteiger partial charge in [0.25, 0.3) is 0 Å². The molecule has 0 atom stereocenters. The maximum absolute atomic E-state index is 6.12. The topological polar surface area (TPSA) is 0 Å². The van der Waals surface area contributed by atoms with E-state index in [-0.39, 0.29) is 0 Å². The van der Waals surface area contributed by atoms with E-state index in [1.165, 1.54) is 5.56 Å². The molecule has 0 spiro atoms. The fourth-order valence-corrected chi connectivity index (χ4v) is 9.55. The predicted octanol–water partition coefficient (Wildman–Crippen LogP) is 15.0. The van der Waals surface area contributed by atoms with Crippen molar-refractivity contribution >= 4 is 32.3 Å². The molecular weight excluding hydrogens is 793 g/mol. The first kappa shape index (κ1) is 40.4. The summed E-state index contributed by atoms with van der Waals surface area (Å²) in [6, 6.07) is 63.2. The average Bonchev–Trinajstić information content (AvgIpc) is 3.39. The average molecular weight is 829 g/mol. The lowest BCUT2D eigenvalue weighted by Gasteiger charge is -2.20. The molecule has 0 aliphatic rings.